The average molecular weight is 340 g/mol. The largest absolute Gasteiger partial charge is 0.396 e. The first-order valence-corrected chi connectivity index (χ1v) is 8.53. The lowest BCUT2D eigenvalue weighted by Gasteiger charge is -2.29. The van der Waals surface area contributed by atoms with E-state index in [-0.39, 0.29) is 30.2 Å². The predicted molar refractivity (Wildman–Crippen MR) is 88.4 cm³/mol. The lowest BCUT2D eigenvalue weighted by Crippen LogP contribution is -2.46. The van der Waals surface area contributed by atoms with Gasteiger partial charge in [-0.05, 0) is 43.6 Å². The molecule has 2 amide bonds. The monoisotopic (exact) mass is 340 g/mol. The van der Waals surface area contributed by atoms with Gasteiger partial charge < -0.3 is 15.7 Å². The summed E-state index contributed by atoms with van der Waals surface area (Å²) in [5.41, 5.74) is 0.283. The summed E-state index contributed by atoms with van der Waals surface area (Å²) in [6.07, 6.45) is 3.44. The van der Waals surface area contributed by atoms with Crippen molar-refractivity contribution in [2.24, 2.45) is 11.8 Å². The van der Waals surface area contributed by atoms with Crippen LogP contribution in [0.5, 0.6) is 0 Å². The maximum Gasteiger partial charge on any atom is 0.315 e. The molecule has 1 aliphatic carbocycles. The van der Waals surface area contributed by atoms with Gasteiger partial charge in [0.15, 0.2) is 0 Å². The third kappa shape index (κ3) is 4.90. The predicted octanol–water partition coefficient (Wildman–Crippen LogP) is 3.51. The van der Waals surface area contributed by atoms with Crippen molar-refractivity contribution in [2.75, 3.05) is 6.61 Å². The number of aliphatic hydroxyl groups excluding tert-OH is 1. The topological polar surface area (TPSA) is 61.4 Å². The number of hydrogen-bond donors (Lipinski definition) is 3. The molecule has 1 atom stereocenters. The van der Waals surface area contributed by atoms with Gasteiger partial charge in [-0.2, -0.15) is 0 Å². The molecule has 0 saturated heterocycles. The lowest BCUT2D eigenvalue weighted by atomic mass is 9.86. The summed E-state index contributed by atoms with van der Waals surface area (Å²) in [4.78, 5) is 12.3. The molecule has 1 aliphatic rings. The van der Waals surface area contributed by atoms with Crippen LogP contribution in [0.1, 0.15) is 51.1 Å². The van der Waals surface area contributed by atoms with E-state index in [0.717, 1.165) is 31.7 Å². The van der Waals surface area contributed by atoms with Crippen molar-refractivity contribution in [3.63, 3.8) is 0 Å². The summed E-state index contributed by atoms with van der Waals surface area (Å²) in [6, 6.07) is 2.61. The molecule has 0 aliphatic heterocycles. The summed E-state index contributed by atoms with van der Waals surface area (Å²) in [5, 5.41) is 14.9. The Labute approximate surface area is 141 Å². The number of nitrogens with one attached hydrogen (secondary N) is 2. The Hall–Kier alpha value is -1.69. The van der Waals surface area contributed by atoms with Crippen molar-refractivity contribution in [2.45, 2.75) is 51.6 Å². The van der Waals surface area contributed by atoms with E-state index in [1.54, 1.807) is 0 Å². The minimum absolute atomic E-state index is 0.0409. The van der Waals surface area contributed by atoms with Crippen molar-refractivity contribution in [3.05, 3.63) is 35.4 Å². The van der Waals surface area contributed by atoms with Gasteiger partial charge >= 0.3 is 6.03 Å². The molecular weight excluding hydrogens is 314 g/mol. The van der Waals surface area contributed by atoms with Crippen LogP contribution in [0.25, 0.3) is 0 Å². The van der Waals surface area contributed by atoms with E-state index in [1.165, 1.54) is 12.1 Å². The minimum Gasteiger partial charge on any atom is -0.396 e. The lowest BCUT2D eigenvalue weighted by molar-refractivity contribution is 0.173. The molecule has 1 unspecified atom stereocenters. The number of hydrogen-bond acceptors (Lipinski definition) is 2. The van der Waals surface area contributed by atoms with Gasteiger partial charge in [0.05, 0.1) is 6.04 Å². The van der Waals surface area contributed by atoms with Crippen LogP contribution in [0.15, 0.2) is 18.2 Å². The summed E-state index contributed by atoms with van der Waals surface area (Å²) in [7, 11) is 0. The SMILES string of the molecule is CC(C)C(NC(=O)NC1CCC(CO)CC1)c1ccc(F)cc1F. The second kappa shape index (κ2) is 8.42. The molecule has 6 heteroatoms. The Morgan fingerprint density at radius 1 is 1.25 bits per heavy atom. The third-order valence-corrected chi connectivity index (χ3v) is 4.69. The highest BCUT2D eigenvalue weighted by Crippen LogP contribution is 2.26. The second-order valence-electron chi connectivity index (χ2n) is 6.91. The number of carbonyl (C=O) groups is 1. The molecule has 0 heterocycles. The summed E-state index contributed by atoms with van der Waals surface area (Å²) >= 11 is 0. The van der Waals surface area contributed by atoms with Crippen LogP contribution in [-0.2, 0) is 0 Å². The molecule has 24 heavy (non-hydrogen) atoms. The molecule has 1 fully saturated rings. The number of amides is 2. The molecule has 134 valence electrons. The minimum atomic E-state index is -0.655. The Bertz CT molecular complexity index is 558. The second-order valence-corrected chi connectivity index (χ2v) is 6.91. The molecule has 0 spiro atoms. The normalized spacial score (nSPS) is 22.2. The average Bonchev–Trinajstić information content (AvgIpc) is 2.54. The summed E-state index contributed by atoms with van der Waals surface area (Å²) < 4.78 is 27.1. The van der Waals surface area contributed by atoms with E-state index in [9.17, 15) is 13.6 Å². The summed E-state index contributed by atoms with van der Waals surface area (Å²) in [6.45, 7) is 3.94. The van der Waals surface area contributed by atoms with Gasteiger partial charge in [0.25, 0.3) is 0 Å². The first-order chi connectivity index (χ1) is 11.4. The van der Waals surface area contributed by atoms with Crippen molar-refractivity contribution < 1.29 is 18.7 Å². The molecule has 4 nitrogen and oxygen atoms in total. The van der Waals surface area contributed by atoms with E-state index < -0.39 is 17.7 Å². The number of benzene rings is 1. The van der Waals surface area contributed by atoms with E-state index in [0.29, 0.717) is 5.92 Å². The number of carbonyl (C=O) groups excluding carboxylic acids is 1. The highest BCUT2D eigenvalue weighted by atomic mass is 19.1. The Morgan fingerprint density at radius 3 is 2.46 bits per heavy atom. The van der Waals surface area contributed by atoms with Crippen molar-refractivity contribution in [1.82, 2.24) is 10.6 Å². The van der Waals surface area contributed by atoms with Crippen LogP contribution in [0.4, 0.5) is 13.6 Å². The zero-order valence-electron chi connectivity index (χ0n) is 14.2. The maximum atomic E-state index is 14.0. The Kier molecular flexibility index (Phi) is 6.54. The van der Waals surface area contributed by atoms with E-state index in [2.05, 4.69) is 10.6 Å². The van der Waals surface area contributed by atoms with E-state index >= 15 is 0 Å². The van der Waals surface area contributed by atoms with Gasteiger partial charge in [-0.3, -0.25) is 0 Å². The molecule has 1 saturated carbocycles. The molecule has 2 rings (SSSR count). The van der Waals surface area contributed by atoms with Crippen molar-refractivity contribution >= 4 is 6.03 Å². The maximum absolute atomic E-state index is 14.0. The van der Waals surface area contributed by atoms with Crippen molar-refractivity contribution in [3.8, 4) is 0 Å². The standard InChI is InChI=1S/C18H26F2N2O2/c1-11(2)17(15-8-5-13(19)9-16(15)20)22-18(24)21-14-6-3-12(10-23)4-7-14/h5,8-9,11-12,14,17,23H,3-4,6-7,10H2,1-2H3,(H2,21,22,24). The molecule has 1 aromatic carbocycles. The van der Waals surface area contributed by atoms with Crippen LogP contribution in [-0.4, -0.2) is 23.8 Å². The van der Waals surface area contributed by atoms with E-state index in [1.807, 2.05) is 13.8 Å². The molecule has 0 bridgehead atoms. The number of urea groups is 1. The Balaban J connectivity index is 1.96. The van der Waals surface area contributed by atoms with Gasteiger partial charge in [0, 0.05) is 24.3 Å². The molecule has 0 aromatic heterocycles. The van der Waals surface area contributed by atoms with Crippen LogP contribution >= 0.6 is 0 Å². The van der Waals surface area contributed by atoms with Crippen molar-refractivity contribution in [1.29, 1.82) is 0 Å². The molecule has 0 radical (unpaired) electrons. The fourth-order valence-corrected chi connectivity index (χ4v) is 3.21. The van der Waals surface area contributed by atoms with Crippen LogP contribution in [0.2, 0.25) is 0 Å². The number of halogens is 2. The Morgan fingerprint density at radius 2 is 1.92 bits per heavy atom. The first kappa shape index (κ1) is 18.6. The van der Waals surface area contributed by atoms with Gasteiger partial charge in [0.1, 0.15) is 11.6 Å². The fourth-order valence-electron chi connectivity index (χ4n) is 3.21. The molecule has 1 aromatic rings. The quantitative estimate of drug-likeness (QED) is 0.768. The van der Waals surface area contributed by atoms with Crippen LogP contribution in [0, 0.1) is 23.5 Å². The van der Waals surface area contributed by atoms with Gasteiger partial charge in [-0.1, -0.05) is 19.9 Å². The molecular formula is C18H26F2N2O2. The molecule has 3 N–H and O–H groups in total. The first-order valence-electron chi connectivity index (χ1n) is 8.53. The number of rotatable bonds is 5. The zero-order valence-corrected chi connectivity index (χ0v) is 14.2. The van der Waals surface area contributed by atoms with E-state index in [4.69, 9.17) is 5.11 Å². The zero-order chi connectivity index (χ0) is 17.7. The van der Waals surface area contributed by atoms with Crippen LogP contribution < -0.4 is 10.6 Å². The van der Waals surface area contributed by atoms with Gasteiger partial charge in [-0.15, -0.1) is 0 Å². The highest BCUT2D eigenvalue weighted by Gasteiger charge is 2.25. The number of aliphatic hydroxyl groups is 1. The van der Waals surface area contributed by atoms with Crippen LogP contribution in [0.3, 0.4) is 0 Å². The fraction of sp³-hybridized carbons (Fsp3) is 0.611. The summed E-state index contributed by atoms with van der Waals surface area (Å²) in [5.74, 6) is -1.01. The van der Waals surface area contributed by atoms with Gasteiger partial charge in [-0.25, -0.2) is 13.6 Å². The highest BCUT2D eigenvalue weighted by molar-refractivity contribution is 5.74. The third-order valence-electron chi connectivity index (χ3n) is 4.69. The smallest absolute Gasteiger partial charge is 0.315 e. The van der Waals surface area contributed by atoms with Gasteiger partial charge in [0.2, 0.25) is 0 Å².